The second kappa shape index (κ2) is 9.00. The molecule has 0 spiro atoms. The van der Waals surface area contributed by atoms with Crippen molar-refractivity contribution in [1.29, 1.82) is 0 Å². The molecule has 4 fully saturated rings. The summed E-state index contributed by atoms with van der Waals surface area (Å²) in [4.78, 5) is 13.2. The Morgan fingerprint density at radius 3 is 2.38 bits per heavy atom. The van der Waals surface area contributed by atoms with E-state index in [1.54, 1.807) is 0 Å². The molecule has 0 aromatic carbocycles. The number of carbonyl (C=O) groups excluding carboxylic acids is 1. The van der Waals surface area contributed by atoms with Crippen LogP contribution in [0.2, 0.25) is 0 Å². The highest BCUT2D eigenvalue weighted by atomic mass is 16.5. The molecule has 0 bridgehead atoms. The van der Waals surface area contributed by atoms with Gasteiger partial charge in [0.25, 0.3) is 0 Å². The fraction of sp³-hybridized carbons (Fsp3) is 0.950. The zero-order valence-corrected chi connectivity index (χ0v) is 16.0. The summed E-state index contributed by atoms with van der Waals surface area (Å²) in [6, 6.07) is 0. The Morgan fingerprint density at radius 2 is 1.69 bits per heavy atom. The minimum absolute atomic E-state index is 0.0360. The first-order valence-corrected chi connectivity index (χ1v) is 11.0. The lowest BCUT2D eigenvalue weighted by Crippen LogP contribution is -2.55. The Labute approximate surface area is 157 Å². The summed E-state index contributed by atoms with van der Waals surface area (Å²) in [6.07, 6.45) is 14.7. The van der Waals surface area contributed by atoms with Gasteiger partial charge in [0.15, 0.2) is 6.29 Å². The first-order chi connectivity index (χ1) is 12.8. The molecule has 2 saturated carbocycles. The molecule has 26 heavy (non-hydrogen) atoms. The number of ether oxygens (including phenoxy) is 1. The molecule has 4 aliphatic rings. The van der Waals surface area contributed by atoms with E-state index < -0.39 is 0 Å². The second-order valence-electron chi connectivity index (χ2n) is 8.68. The normalized spacial score (nSPS) is 34.5. The second-order valence-corrected chi connectivity index (χ2v) is 8.68. The van der Waals surface area contributed by atoms with Crippen molar-refractivity contribution in [3.8, 4) is 0 Å². The van der Waals surface area contributed by atoms with Crippen LogP contribution in [0.15, 0.2) is 0 Å². The maximum absolute atomic E-state index is 13.2. The minimum atomic E-state index is -0.111. The number of hydrazine groups is 1. The standard InChI is InChI=1S/C20H36N4O2/c25-19(16-10-5-2-6-11-16)24-20(21-14-15-8-3-1-4-9-15)22-18(23-24)17-12-7-13-26-17/h15-18,20-23H,1-14H2. The number of carbonyl (C=O) groups is 1. The van der Waals surface area contributed by atoms with Gasteiger partial charge in [-0.25, -0.2) is 10.4 Å². The first-order valence-electron chi connectivity index (χ1n) is 11.0. The predicted octanol–water partition coefficient (Wildman–Crippen LogP) is 2.46. The lowest BCUT2D eigenvalue weighted by molar-refractivity contribution is -0.142. The van der Waals surface area contributed by atoms with Crippen molar-refractivity contribution >= 4 is 5.91 Å². The van der Waals surface area contributed by atoms with Crippen LogP contribution in [0.1, 0.15) is 77.0 Å². The van der Waals surface area contributed by atoms with Crippen LogP contribution in [0.3, 0.4) is 0 Å². The summed E-state index contributed by atoms with van der Waals surface area (Å²) in [5.74, 6) is 1.19. The molecule has 6 nitrogen and oxygen atoms in total. The van der Waals surface area contributed by atoms with Crippen LogP contribution in [0.4, 0.5) is 0 Å². The molecule has 3 unspecified atom stereocenters. The van der Waals surface area contributed by atoms with Gasteiger partial charge in [-0.15, -0.1) is 0 Å². The highest BCUT2D eigenvalue weighted by Crippen LogP contribution is 2.27. The molecule has 148 valence electrons. The van der Waals surface area contributed by atoms with Gasteiger partial charge in [-0.2, -0.15) is 0 Å². The lowest BCUT2D eigenvalue weighted by Gasteiger charge is -2.31. The largest absolute Gasteiger partial charge is 0.375 e. The summed E-state index contributed by atoms with van der Waals surface area (Å²) in [6.45, 7) is 1.83. The van der Waals surface area contributed by atoms with Gasteiger partial charge in [0.05, 0.1) is 6.10 Å². The SMILES string of the molecule is O=C(C1CCCCC1)N1NC(C2CCCO2)NC1NCC1CCCCC1. The van der Waals surface area contributed by atoms with Crippen molar-refractivity contribution in [3.05, 3.63) is 0 Å². The quantitative estimate of drug-likeness (QED) is 0.699. The summed E-state index contributed by atoms with van der Waals surface area (Å²) in [5.41, 5.74) is 3.45. The van der Waals surface area contributed by atoms with E-state index in [4.69, 9.17) is 4.74 Å². The molecule has 6 heteroatoms. The smallest absolute Gasteiger partial charge is 0.242 e. The van der Waals surface area contributed by atoms with Crippen molar-refractivity contribution in [3.63, 3.8) is 0 Å². The number of hydrogen-bond acceptors (Lipinski definition) is 5. The van der Waals surface area contributed by atoms with Crippen molar-refractivity contribution < 1.29 is 9.53 Å². The number of nitrogens with one attached hydrogen (secondary N) is 3. The third-order valence-electron chi connectivity index (χ3n) is 6.73. The van der Waals surface area contributed by atoms with Crippen LogP contribution in [0, 0.1) is 11.8 Å². The number of amides is 1. The van der Waals surface area contributed by atoms with E-state index in [0.29, 0.717) is 0 Å². The van der Waals surface area contributed by atoms with Crippen LogP contribution in [0.5, 0.6) is 0 Å². The average molecular weight is 365 g/mol. The molecule has 0 aromatic heterocycles. The molecule has 0 aromatic rings. The van der Waals surface area contributed by atoms with Crippen molar-refractivity contribution in [2.75, 3.05) is 13.2 Å². The van der Waals surface area contributed by atoms with E-state index in [2.05, 4.69) is 16.1 Å². The molecule has 2 saturated heterocycles. The van der Waals surface area contributed by atoms with Gasteiger partial charge in [0, 0.05) is 19.1 Å². The average Bonchev–Trinajstić information content (AvgIpc) is 3.37. The molecular formula is C20H36N4O2. The number of rotatable bonds is 5. The molecule has 2 aliphatic carbocycles. The van der Waals surface area contributed by atoms with Gasteiger partial charge >= 0.3 is 0 Å². The van der Waals surface area contributed by atoms with Crippen LogP contribution >= 0.6 is 0 Å². The van der Waals surface area contributed by atoms with Gasteiger partial charge in [0.1, 0.15) is 6.17 Å². The van der Waals surface area contributed by atoms with E-state index in [1.807, 2.05) is 5.01 Å². The van der Waals surface area contributed by atoms with Crippen molar-refractivity contribution in [2.24, 2.45) is 11.8 Å². The van der Waals surface area contributed by atoms with Gasteiger partial charge in [0.2, 0.25) is 5.91 Å². The maximum atomic E-state index is 13.2. The van der Waals surface area contributed by atoms with Gasteiger partial charge < -0.3 is 4.74 Å². The summed E-state index contributed by atoms with van der Waals surface area (Å²) in [7, 11) is 0. The highest BCUT2D eigenvalue weighted by Gasteiger charge is 2.41. The molecule has 2 aliphatic heterocycles. The van der Waals surface area contributed by atoms with Gasteiger partial charge in [-0.05, 0) is 44.4 Å². The number of nitrogens with zero attached hydrogens (tertiary/aromatic N) is 1. The number of hydrogen-bond donors (Lipinski definition) is 3. The van der Waals surface area contributed by atoms with Crippen LogP contribution in [-0.2, 0) is 9.53 Å². The van der Waals surface area contributed by atoms with Crippen LogP contribution in [0.25, 0.3) is 0 Å². The van der Waals surface area contributed by atoms with E-state index in [-0.39, 0.29) is 30.4 Å². The Bertz CT molecular complexity index is 457. The Hall–Kier alpha value is -0.690. The summed E-state index contributed by atoms with van der Waals surface area (Å²) >= 11 is 0. The predicted molar refractivity (Wildman–Crippen MR) is 101 cm³/mol. The molecule has 0 radical (unpaired) electrons. The summed E-state index contributed by atoms with van der Waals surface area (Å²) in [5, 5.41) is 9.12. The lowest BCUT2D eigenvalue weighted by atomic mass is 9.88. The van der Waals surface area contributed by atoms with Crippen molar-refractivity contribution in [1.82, 2.24) is 21.1 Å². The summed E-state index contributed by atoms with van der Waals surface area (Å²) < 4.78 is 5.86. The zero-order chi connectivity index (χ0) is 17.8. The van der Waals surface area contributed by atoms with E-state index in [1.165, 1.54) is 51.4 Å². The van der Waals surface area contributed by atoms with Crippen molar-refractivity contribution in [2.45, 2.75) is 95.6 Å². The highest BCUT2D eigenvalue weighted by molar-refractivity contribution is 5.79. The first kappa shape index (κ1) is 18.7. The maximum Gasteiger partial charge on any atom is 0.242 e. The Balaban J connectivity index is 1.38. The van der Waals surface area contributed by atoms with Crippen LogP contribution < -0.4 is 16.1 Å². The molecule has 3 N–H and O–H groups in total. The molecule has 3 atom stereocenters. The van der Waals surface area contributed by atoms with E-state index >= 15 is 0 Å². The molecular weight excluding hydrogens is 328 g/mol. The topological polar surface area (TPSA) is 65.6 Å². The van der Waals surface area contributed by atoms with E-state index in [0.717, 1.165) is 44.8 Å². The Kier molecular flexibility index (Phi) is 6.46. The third kappa shape index (κ3) is 4.41. The third-order valence-corrected chi connectivity index (χ3v) is 6.73. The molecule has 4 rings (SSSR count). The zero-order valence-electron chi connectivity index (χ0n) is 16.0. The van der Waals surface area contributed by atoms with E-state index in [9.17, 15) is 4.79 Å². The molecule has 1 amide bonds. The monoisotopic (exact) mass is 364 g/mol. The fourth-order valence-corrected chi connectivity index (χ4v) is 5.12. The van der Waals surface area contributed by atoms with Crippen LogP contribution in [-0.4, -0.2) is 42.6 Å². The van der Waals surface area contributed by atoms with Gasteiger partial charge in [-0.3, -0.25) is 15.4 Å². The minimum Gasteiger partial charge on any atom is -0.375 e. The molecule has 2 heterocycles. The fourth-order valence-electron chi connectivity index (χ4n) is 5.12. The van der Waals surface area contributed by atoms with Gasteiger partial charge in [-0.1, -0.05) is 38.5 Å². The Morgan fingerprint density at radius 1 is 0.962 bits per heavy atom.